The van der Waals surface area contributed by atoms with Crippen molar-refractivity contribution in [1.82, 2.24) is 0 Å². The number of hydrogen-bond acceptors (Lipinski definition) is 3. The van der Waals surface area contributed by atoms with Crippen molar-refractivity contribution >= 4 is 12.9 Å². The van der Waals surface area contributed by atoms with Crippen molar-refractivity contribution < 1.29 is 13.6 Å². The normalized spacial score (nSPS) is 11.8. The van der Waals surface area contributed by atoms with E-state index >= 15 is 0 Å². The van der Waals surface area contributed by atoms with Gasteiger partial charge in [0.25, 0.3) is 0 Å². The minimum Gasteiger partial charge on any atom is -0.305 e. The molecule has 0 aliphatic carbocycles. The number of aryl methyl sites for hydroxylation is 1. The third kappa shape index (κ3) is 6.35. The predicted octanol–water partition coefficient (Wildman–Crippen LogP) is 6.04. The molecule has 1 aromatic rings. The van der Waals surface area contributed by atoms with Crippen LogP contribution in [0.15, 0.2) is 18.2 Å². The van der Waals surface area contributed by atoms with Crippen LogP contribution in [-0.2, 0) is 26.5 Å². The van der Waals surface area contributed by atoms with Crippen LogP contribution < -0.4 is 5.30 Å². The van der Waals surface area contributed by atoms with Gasteiger partial charge in [-0.3, -0.25) is 4.57 Å². The van der Waals surface area contributed by atoms with Crippen LogP contribution in [0.5, 0.6) is 0 Å². The van der Waals surface area contributed by atoms with Crippen LogP contribution in [0.25, 0.3) is 0 Å². The summed E-state index contributed by atoms with van der Waals surface area (Å²) in [5, 5.41) is 0.798. The standard InChI is InChI=1S/C20H35O3P/c1-5-9-12-18-13-11-15-20(19(18)14-10-6-2)24(21,22-16-7-3)23-17-8-4/h11,13,15H,5-10,12,14,16-17H2,1-4H3. The SMILES string of the molecule is CCCCc1cccc(P(=O)(OCCC)OCCC)c1CCCC. The third-order valence-electron chi connectivity index (χ3n) is 4.05. The second-order valence-electron chi connectivity index (χ2n) is 6.29. The Labute approximate surface area is 148 Å². The van der Waals surface area contributed by atoms with Gasteiger partial charge < -0.3 is 9.05 Å². The molecule has 24 heavy (non-hydrogen) atoms. The maximum absolute atomic E-state index is 13.5. The summed E-state index contributed by atoms with van der Waals surface area (Å²) in [6.45, 7) is 9.38. The molecule has 0 saturated carbocycles. The van der Waals surface area contributed by atoms with Gasteiger partial charge in [0.05, 0.1) is 18.5 Å². The molecule has 0 radical (unpaired) electrons. The van der Waals surface area contributed by atoms with Crippen molar-refractivity contribution in [3.8, 4) is 0 Å². The number of unbranched alkanes of at least 4 members (excludes halogenated alkanes) is 2. The van der Waals surface area contributed by atoms with Crippen LogP contribution in [0.1, 0.15) is 77.3 Å². The predicted molar refractivity (Wildman–Crippen MR) is 103 cm³/mol. The zero-order valence-electron chi connectivity index (χ0n) is 16.0. The Morgan fingerprint density at radius 3 is 1.96 bits per heavy atom. The summed E-state index contributed by atoms with van der Waals surface area (Å²) in [4.78, 5) is 0. The fourth-order valence-electron chi connectivity index (χ4n) is 2.72. The first-order chi connectivity index (χ1) is 11.6. The van der Waals surface area contributed by atoms with E-state index in [1.54, 1.807) is 0 Å². The molecule has 0 aromatic heterocycles. The summed E-state index contributed by atoms with van der Waals surface area (Å²) in [6.07, 6.45) is 8.17. The maximum atomic E-state index is 13.5. The highest BCUT2D eigenvalue weighted by atomic mass is 31.2. The van der Waals surface area contributed by atoms with E-state index in [0.717, 1.165) is 56.7 Å². The van der Waals surface area contributed by atoms with Gasteiger partial charge in [0.15, 0.2) is 0 Å². The second kappa shape index (κ2) is 11.8. The van der Waals surface area contributed by atoms with Crippen molar-refractivity contribution in [3.63, 3.8) is 0 Å². The second-order valence-corrected chi connectivity index (χ2v) is 8.28. The molecule has 0 atom stereocenters. The Hall–Kier alpha value is -0.630. The van der Waals surface area contributed by atoms with E-state index in [1.165, 1.54) is 11.1 Å². The summed E-state index contributed by atoms with van der Waals surface area (Å²) in [7, 11) is -3.24. The van der Waals surface area contributed by atoms with E-state index in [-0.39, 0.29) is 0 Å². The van der Waals surface area contributed by atoms with Gasteiger partial charge in [-0.25, -0.2) is 0 Å². The van der Waals surface area contributed by atoms with Crippen molar-refractivity contribution in [1.29, 1.82) is 0 Å². The first-order valence-electron chi connectivity index (χ1n) is 9.63. The van der Waals surface area contributed by atoms with Gasteiger partial charge in [-0.05, 0) is 55.7 Å². The summed E-state index contributed by atoms with van der Waals surface area (Å²) in [5.74, 6) is 0. The molecule has 0 aliphatic heterocycles. The minimum atomic E-state index is -3.24. The molecular formula is C20H35O3P. The monoisotopic (exact) mass is 354 g/mol. The molecule has 0 unspecified atom stereocenters. The molecule has 138 valence electrons. The Bertz CT molecular complexity index is 502. The highest BCUT2D eigenvalue weighted by molar-refractivity contribution is 7.62. The summed E-state index contributed by atoms with van der Waals surface area (Å²) < 4.78 is 25.1. The topological polar surface area (TPSA) is 35.5 Å². The zero-order chi connectivity index (χ0) is 17.8. The maximum Gasteiger partial charge on any atom is 0.361 e. The Morgan fingerprint density at radius 2 is 1.42 bits per heavy atom. The molecule has 1 aromatic carbocycles. The molecule has 0 bridgehead atoms. The average Bonchev–Trinajstić information content (AvgIpc) is 2.61. The van der Waals surface area contributed by atoms with Crippen molar-refractivity contribution in [2.45, 2.75) is 79.1 Å². The van der Waals surface area contributed by atoms with Gasteiger partial charge in [-0.15, -0.1) is 0 Å². The van der Waals surface area contributed by atoms with Gasteiger partial charge in [-0.2, -0.15) is 0 Å². The van der Waals surface area contributed by atoms with Gasteiger partial charge in [0, 0.05) is 0 Å². The van der Waals surface area contributed by atoms with Gasteiger partial charge >= 0.3 is 7.60 Å². The van der Waals surface area contributed by atoms with E-state index in [1.807, 2.05) is 26.0 Å². The molecule has 1 rings (SSSR count). The van der Waals surface area contributed by atoms with Crippen LogP contribution >= 0.6 is 7.60 Å². The van der Waals surface area contributed by atoms with E-state index < -0.39 is 7.60 Å². The molecule has 0 heterocycles. The molecule has 4 heteroatoms. The summed E-state index contributed by atoms with van der Waals surface area (Å²) in [5.41, 5.74) is 2.51. The zero-order valence-corrected chi connectivity index (χ0v) is 16.9. The smallest absolute Gasteiger partial charge is 0.305 e. The molecule has 0 aliphatic rings. The van der Waals surface area contributed by atoms with Crippen LogP contribution in [0.3, 0.4) is 0 Å². The molecule has 3 nitrogen and oxygen atoms in total. The first-order valence-corrected chi connectivity index (χ1v) is 11.2. The number of benzene rings is 1. The summed E-state index contributed by atoms with van der Waals surface area (Å²) >= 11 is 0. The van der Waals surface area contributed by atoms with Crippen molar-refractivity contribution in [2.75, 3.05) is 13.2 Å². The lowest BCUT2D eigenvalue weighted by molar-refractivity contribution is 0.213. The molecule has 0 amide bonds. The minimum absolute atomic E-state index is 0.466. The molecular weight excluding hydrogens is 319 g/mol. The molecule has 0 N–H and O–H groups in total. The van der Waals surface area contributed by atoms with Gasteiger partial charge in [-0.1, -0.05) is 52.7 Å². The molecule has 0 saturated heterocycles. The van der Waals surface area contributed by atoms with Crippen molar-refractivity contribution in [3.05, 3.63) is 29.3 Å². The Morgan fingerprint density at radius 1 is 0.833 bits per heavy atom. The first kappa shape index (κ1) is 21.4. The lowest BCUT2D eigenvalue weighted by Gasteiger charge is -2.23. The summed E-state index contributed by atoms with van der Waals surface area (Å²) in [6, 6.07) is 6.13. The molecule has 0 spiro atoms. The van der Waals surface area contributed by atoms with E-state index in [0.29, 0.717) is 13.2 Å². The highest BCUT2D eigenvalue weighted by Gasteiger charge is 2.30. The lowest BCUT2D eigenvalue weighted by atomic mass is 9.98. The van der Waals surface area contributed by atoms with Gasteiger partial charge in [0.2, 0.25) is 0 Å². The number of rotatable bonds is 13. The average molecular weight is 354 g/mol. The largest absolute Gasteiger partial charge is 0.361 e. The Kier molecular flexibility index (Phi) is 10.6. The van der Waals surface area contributed by atoms with Gasteiger partial charge in [0.1, 0.15) is 0 Å². The quantitative estimate of drug-likeness (QED) is 0.405. The number of hydrogen-bond donors (Lipinski definition) is 0. The van der Waals surface area contributed by atoms with Crippen LogP contribution in [0, 0.1) is 0 Å². The van der Waals surface area contributed by atoms with Crippen molar-refractivity contribution in [2.24, 2.45) is 0 Å². The van der Waals surface area contributed by atoms with E-state index in [4.69, 9.17) is 9.05 Å². The van der Waals surface area contributed by atoms with Crippen LogP contribution in [-0.4, -0.2) is 13.2 Å². The Balaban J connectivity index is 3.25. The van der Waals surface area contributed by atoms with Crippen LogP contribution in [0.2, 0.25) is 0 Å². The van der Waals surface area contributed by atoms with E-state index in [9.17, 15) is 4.57 Å². The van der Waals surface area contributed by atoms with E-state index in [2.05, 4.69) is 19.9 Å². The fraction of sp³-hybridized carbons (Fsp3) is 0.700. The van der Waals surface area contributed by atoms with Crippen LogP contribution in [0.4, 0.5) is 0 Å². The third-order valence-corrected chi connectivity index (χ3v) is 6.11. The lowest BCUT2D eigenvalue weighted by Crippen LogP contribution is -2.18. The molecule has 0 fully saturated rings. The fourth-order valence-corrected chi connectivity index (χ4v) is 4.77. The highest BCUT2D eigenvalue weighted by Crippen LogP contribution is 2.48.